The Balaban J connectivity index is 1.71. The summed E-state index contributed by atoms with van der Waals surface area (Å²) in [6, 6.07) is 0.389. The molecule has 26 heavy (non-hydrogen) atoms. The topological polar surface area (TPSA) is 115 Å². The Hall–Kier alpha value is -1.33. The number of ether oxygens (including phenoxy) is 2. The number of aliphatic hydroxyl groups excluding tert-OH is 2. The molecule has 0 aromatic carbocycles. The second-order valence-corrected chi connectivity index (χ2v) is 7.44. The summed E-state index contributed by atoms with van der Waals surface area (Å²) in [5.74, 6) is 0.679. The molecule has 2 fully saturated rings. The van der Waals surface area contributed by atoms with E-state index in [1.54, 1.807) is 10.9 Å². The third-order valence-corrected chi connectivity index (χ3v) is 5.48. The molecule has 1 saturated heterocycles. The predicted octanol–water partition coefficient (Wildman–Crippen LogP) is 1.21. The van der Waals surface area contributed by atoms with Crippen molar-refractivity contribution in [3.05, 3.63) is 11.1 Å². The fourth-order valence-corrected chi connectivity index (χ4v) is 4.13. The molecular formula is C16H22BrN5O4. The number of nitrogens with one attached hydrogen (secondary N) is 1. The van der Waals surface area contributed by atoms with Crippen LogP contribution in [0.3, 0.4) is 0 Å². The van der Waals surface area contributed by atoms with E-state index in [4.69, 9.17) is 9.47 Å². The second kappa shape index (κ2) is 7.35. The lowest BCUT2D eigenvalue weighted by atomic mass is 10.1. The number of hydrogen-bond acceptors (Lipinski definition) is 8. The van der Waals surface area contributed by atoms with Gasteiger partial charge in [-0.15, -0.1) is 0 Å². The number of fused-ring (bicyclic) bond motifs is 1. The number of nitrogens with zero attached hydrogens (tertiary/aromatic N) is 4. The Morgan fingerprint density at radius 3 is 2.85 bits per heavy atom. The summed E-state index contributed by atoms with van der Waals surface area (Å²) >= 11 is 3.36. The first-order valence-corrected chi connectivity index (χ1v) is 9.55. The van der Waals surface area contributed by atoms with Crippen LogP contribution in [0, 0.1) is 0 Å². The van der Waals surface area contributed by atoms with Crippen LogP contribution in [0.25, 0.3) is 11.2 Å². The van der Waals surface area contributed by atoms with E-state index >= 15 is 0 Å². The van der Waals surface area contributed by atoms with Gasteiger partial charge >= 0.3 is 0 Å². The van der Waals surface area contributed by atoms with Crippen molar-refractivity contribution in [2.45, 2.75) is 56.3 Å². The van der Waals surface area contributed by atoms with Crippen molar-refractivity contribution >= 4 is 32.9 Å². The Labute approximate surface area is 158 Å². The van der Waals surface area contributed by atoms with Gasteiger partial charge in [-0.05, 0) is 28.8 Å². The van der Waals surface area contributed by atoms with Crippen molar-refractivity contribution in [2.24, 2.45) is 0 Å². The van der Waals surface area contributed by atoms with Crippen molar-refractivity contribution in [1.29, 1.82) is 0 Å². The van der Waals surface area contributed by atoms with Crippen molar-refractivity contribution in [3.63, 3.8) is 0 Å². The van der Waals surface area contributed by atoms with Crippen LogP contribution in [0.4, 0.5) is 5.82 Å². The zero-order valence-corrected chi connectivity index (χ0v) is 16.0. The van der Waals surface area contributed by atoms with Gasteiger partial charge in [0.05, 0.1) is 12.9 Å². The van der Waals surface area contributed by atoms with E-state index in [0.29, 0.717) is 27.8 Å². The number of aliphatic hydroxyl groups is 2. The number of hydrogen-bond donors (Lipinski definition) is 3. The first-order chi connectivity index (χ1) is 12.6. The van der Waals surface area contributed by atoms with Gasteiger partial charge in [-0.3, -0.25) is 4.57 Å². The van der Waals surface area contributed by atoms with Gasteiger partial charge in [0.1, 0.15) is 18.3 Å². The maximum atomic E-state index is 10.3. The number of aromatic nitrogens is 4. The van der Waals surface area contributed by atoms with Crippen LogP contribution in [0.5, 0.6) is 0 Å². The van der Waals surface area contributed by atoms with E-state index < -0.39 is 24.5 Å². The van der Waals surface area contributed by atoms with Crippen LogP contribution in [-0.2, 0) is 9.47 Å². The van der Waals surface area contributed by atoms with Gasteiger partial charge in [0.15, 0.2) is 23.2 Å². The molecule has 1 saturated carbocycles. The monoisotopic (exact) mass is 427 g/mol. The first kappa shape index (κ1) is 18.1. The molecule has 4 atom stereocenters. The lowest BCUT2D eigenvalue weighted by Gasteiger charge is -2.20. The Kier molecular flexibility index (Phi) is 5.11. The number of rotatable bonds is 5. The van der Waals surface area contributed by atoms with Crippen LogP contribution in [0.1, 0.15) is 31.9 Å². The summed E-state index contributed by atoms with van der Waals surface area (Å²) < 4.78 is 13.4. The quantitative estimate of drug-likeness (QED) is 0.609. The minimum atomic E-state index is -0.936. The second-order valence-electron chi connectivity index (χ2n) is 6.73. The minimum Gasteiger partial charge on any atom is -0.394 e. The van der Waals surface area contributed by atoms with Gasteiger partial charge in [0.25, 0.3) is 0 Å². The van der Waals surface area contributed by atoms with Crippen LogP contribution in [-0.4, -0.2) is 67.8 Å². The summed E-state index contributed by atoms with van der Waals surface area (Å²) in [7, 11) is 1.50. The standard InChI is InChI=1S/C16H22BrN5O4/c1-25-12-11(24)9(6-23)26-15(12)22-7-18-10-13(19-8-4-2-3-5-8)20-16(17)21-14(10)22/h7-9,11-12,15,23-24H,2-6H2,1H3,(H,19,20,21)/t9-,11-,12-,15-/m1/s1. The summed E-state index contributed by atoms with van der Waals surface area (Å²) in [6.45, 7) is -0.294. The molecule has 4 rings (SSSR count). The first-order valence-electron chi connectivity index (χ1n) is 8.76. The zero-order valence-electron chi connectivity index (χ0n) is 14.4. The summed E-state index contributed by atoms with van der Waals surface area (Å²) in [4.78, 5) is 13.4. The molecule has 1 aliphatic carbocycles. The maximum absolute atomic E-state index is 10.3. The van der Waals surface area contributed by atoms with E-state index in [1.165, 1.54) is 20.0 Å². The summed E-state index contributed by atoms with van der Waals surface area (Å²) in [5.41, 5.74) is 1.21. The van der Waals surface area contributed by atoms with Crippen LogP contribution < -0.4 is 5.32 Å². The fraction of sp³-hybridized carbons (Fsp3) is 0.688. The normalized spacial score (nSPS) is 29.7. The van der Waals surface area contributed by atoms with E-state index in [-0.39, 0.29) is 6.61 Å². The molecule has 0 radical (unpaired) electrons. The Morgan fingerprint density at radius 2 is 2.15 bits per heavy atom. The highest BCUT2D eigenvalue weighted by Crippen LogP contribution is 2.34. The lowest BCUT2D eigenvalue weighted by Crippen LogP contribution is -2.34. The fourth-order valence-electron chi connectivity index (χ4n) is 3.79. The molecule has 10 heteroatoms. The van der Waals surface area contributed by atoms with Crippen molar-refractivity contribution in [3.8, 4) is 0 Å². The van der Waals surface area contributed by atoms with Crippen LogP contribution in [0.15, 0.2) is 11.1 Å². The molecule has 2 aromatic heterocycles. The van der Waals surface area contributed by atoms with Gasteiger partial charge in [-0.2, -0.15) is 0 Å². The van der Waals surface area contributed by atoms with Gasteiger partial charge < -0.3 is 25.0 Å². The third-order valence-electron chi connectivity index (χ3n) is 5.13. The molecule has 2 aromatic rings. The number of imidazole rings is 1. The molecule has 0 spiro atoms. The molecule has 142 valence electrons. The molecule has 9 nitrogen and oxygen atoms in total. The highest BCUT2D eigenvalue weighted by atomic mass is 79.9. The van der Waals surface area contributed by atoms with Crippen molar-refractivity contribution in [2.75, 3.05) is 19.0 Å². The average Bonchev–Trinajstić information content (AvgIpc) is 3.33. The number of halogens is 1. The Bertz CT molecular complexity index is 781. The summed E-state index contributed by atoms with van der Waals surface area (Å²) in [6.07, 6.45) is 3.34. The highest BCUT2D eigenvalue weighted by Gasteiger charge is 2.45. The SMILES string of the molecule is CO[C@@H]1[C@H](O)[C@@H](CO)O[C@H]1n1cnc2c(NC3CCCC3)nc(Br)nc21. The van der Waals surface area contributed by atoms with E-state index in [2.05, 4.69) is 36.2 Å². The maximum Gasteiger partial charge on any atom is 0.200 e. The van der Waals surface area contributed by atoms with E-state index in [1.807, 2.05) is 0 Å². The van der Waals surface area contributed by atoms with Crippen molar-refractivity contribution < 1.29 is 19.7 Å². The molecule has 0 bridgehead atoms. The lowest BCUT2D eigenvalue weighted by molar-refractivity contribution is -0.0583. The Morgan fingerprint density at radius 1 is 1.38 bits per heavy atom. The van der Waals surface area contributed by atoms with Gasteiger partial charge in [-0.25, -0.2) is 15.0 Å². The smallest absolute Gasteiger partial charge is 0.200 e. The number of anilines is 1. The minimum absolute atomic E-state index is 0.294. The van der Waals surface area contributed by atoms with Crippen molar-refractivity contribution in [1.82, 2.24) is 19.5 Å². The van der Waals surface area contributed by atoms with Gasteiger partial charge in [0.2, 0.25) is 4.73 Å². The molecule has 1 aliphatic heterocycles. The summed E-state index contributed by atoms with van der Waals surface area (Å²) in [5, 5.41) is 23.2. The molecule has 0 unspecified atom stereocenters. The largest absolute Gasteiger partial charge is 0.394 e. The molecule has 3 heterocycles. The molecule has 2 aliphatic rings. The predicted molar refractivity (Wildman–Crippen MR) is 96.7 cm³/mol. The molecular weight excluding hydrogens is 406 g/mol. The average molecular weight is 428 g/mol. The van der Waals surface area contributed by atoms with E-state index in [9.17, 15) is 10.2 Å². The molecule has 3 N–H and O–H groups in total. The molecule has 0 amide bonds. The third kappa shape index (κ3) is 3.09. The number of methoxy groups -OCH3 is 1. The van der Waals surface area contributed by atoms with E-state index in [0.717, 1.165) is 12.8 Å². The van der Waals surface area contributed by atoms with Gasteiger partial charge in [-0.1, -0.05) is 12.8 Å². The van der Waals surface area contributed by atoms with Crippen LogP contribution in [0.2, 0.25) is 0 Å². The van der Waals surface area contributed by atoms with Crippen LogP contribution >= 0.6 is 15.9 Å². The highest BCUT2D eigenvalue weighted by molar-refractivity contribution is 9.10. The van der Waals surface area contributed by atoms with Gasteiger partial charge in [0, 0.05) is 13.2 Å². The zero-order chi connectivity index (χ0) is 18.3.